The molecule has 0 radical (unpaired) electrons. The van der Waals surface area contributed by atoms with Gasteiger partial charge in [-0.05, 0) is 67.1 Å². The van der Waals surface area contributed by atoms with E-state index in [1.165, 1.54) is 36.4 Å². The summed E-state index contributed by atoms with van der Waals surface area (Å²) in [6.45, 7) is 0.986. The maximum absolute atomic E-state index is 13.3. The second-order valence-electron chi connectivity index (χ2n) is 6.68. The normalized spacial score (nSPS) is 10.9. The second kappa shape index (κ2) is 8.69. The van der Waals surface area contributed by atoms with Gasteiger partial charge in [0.25, 0.3) is 0 Å². The molecule has 4 aromatic rings. The van der Waals surface area contributed by atoms with E-state index in [-0.39, 0.29) is 17.7 Å². The van der Waals surface area contributed by atoms with E-state index in [1.807, 2.05) is 16.7 Å². The van der Waals surface area contributed by atoms with Gasteiger partial charge in [0, 0.05) is 30.5 Å². The number of aryl methyl sites for hydroxylation is 1. The lowest BCUT2D eigenvalue weighted by Crippen LogP contribution is -2.30. The van der Waals surface area contributed by atoms with Crippen molar-refractivity contribution >= 4 is 22.9 Å². The number of carbonyl (C=O) groups excluding carboxylic acids is 1. The summed E-state index contributed by atoms with van der Waals surface area (Å²) in [6, 6.07) is 15.0. The van der Waals surface area contributed by atoms with Crippen LogP contribution >= 0.6 is 0 Å². The third-order valence-electron chi connectivity index (χ3n) is 4.55. The zero-order valence-corrected chi connectivity index (χ0v) is 16.0. The van der Waals surface area contributed by atoms with Crippen LogP contribution in [0.3, 0.4) is 0 Å². The quantitative estimate of drug-likeness (QED) is 0.459. The third kappa shape index (κ3) is 4.43. The van der Waals surface area contributed by atoms with Crippen LogP contribution in [0.1, 0.15) is 6.42 Å². The maximum Gasteiger partial charge on any atom is 0.319 e. The van der Waals surface area contributed by atoms with Gasteiger partial charge >= 0.3 is 6.03 Å². The maximum atomic E-state index is 13.3. The van der Waals surface area contributed by atoms with Crippen LogP contribution in [-0.2, 0) is 6.54 Å². The number of nitrogens with one attached hydrogen (secondary N) is 2. The number of imidazole rings is 1. The molecule has 152 valence electrons. The van der Waals surface area contributed by atoms with Crippen molar-refractivity contribution in [3.8, 4) is 11.4 Å². The number of nitrogens with zero attached hydrogens (tertiary/aromatic N) is 3. The van der Waals surface area contributed by atoms with E-state index in [2.05, 4.69) is 20.6 Å². The Bertz CT molecular complexity index is 1160. The number of aromatic nitrogens is 3. The molecule has 2 aromatic carbocycles. The number of pyridine rings is 1. The molecule has 0 spiro atoms. The fraction of sp³-hybridized carbons (Fsp3) is 0.136. The Hall–Kier alpha value is -3.81. The van der Waals surface area contributed by atoms with Crippen LogP contribution in [0.15, 0.2) is 66.9 Å². The molecule has 30 heavy (non-hydrogen) atoms. The predicted molar refractivity (Wildman–Crippen MR) is 111 cm³/mol. The Morgan fingerprint density at radius 3 is 2.40 bits per heavy atom. The van der Waals surface area contributed by atoms with Gasteiger partial charge in [0.2, 0.25) is 0 Å². The molecule has 2 amide bonds. The molecule has 6 nitrogen and oxygen atoms in total. The molecule has 0 bridgehead atoms. The molecule has 0 saturated heterocycles. The first kappa shape index (κ1) is 19.5. The zero-order valence-electron chi connectivity index (χ0n) is 16.0. The summed E-state index contributed by atoms with van der Waals surface area (Å²) in [5.41, 5.74) is 2.78. The number of amides is 2. The minimum absolute atomic E-state index is 0.309. The van der Waals surface area contributed by atoms with Crippen molar-refractivity contribution in [3.63, 3.8) is 0 Å². The Kier molecular flexibility index (Phi) is 5.65. The smallest absolute Gasteiger partial charge is 0.319 e. The molecule has 8 heteroatoms. The number of carbonyl (C=O) groups is 1. The Morgan fingerprint density at radius 2 is 1.67 bits per heavy atom. The molecule has 0 aliphatic rings. The Labute approximate surface area is 171 Å². The first-order valence-corrected chi connectivity index (χ1v) is 9.48. The number of hydrogen-bond donors (Lipinski definition) is 2. The van der Waals surface area contributed by atoms with E-state index in [0.717, 1.165) is 16.7 Å². The van der Waals surface area contributed by atoms with E-state index in [9.17, 15) is 13.6 Å². The van der Waals surface area contributed by atoms with E-state index >= 15 is 0 Å². The van der Waals surface area contributed by atoms with Gasteiger partial charge in [0.15, 0.2) is 5.65 Å². The highest BCUT2D eigenvalue weighted by Crippen LogP contribution is 2.24. The predicted octanol–water partition coefficient (Wildman–Crippen LogP) is 4.59. The summed E-state index contributed by atoms with van der Waals surface area (Å²) < 4.78 is 28.2. The largest absolute Gasteiger partial charge is 0.338 e. The van der Waals surface area contributed by atoms with Crippen molar-refractivity contribution in [2.24, 2.45) is 0 Å². The van der Waals surface area contributed by atoms with Crippen molar-refractivity contribution in [3.05, 3.63) is 78.5 Å². The highest BCUT2D eigenvalue weighted by molar-refractivity contribution is 5.89. The number of fused-ring (bicyclic) bond motifs is 1. The van der Waals surface area contributed by atoms with Gasteiger partial charge in [0.05, 0.1) is 0 Å². The molecular formula is C22H19F2N5O. The summed E-state index contributed by atoms with van der Waals surface area (Å²) in [6.07, 6.45) is 2.33. The number of hydrogen-bond acceptors (Lipinski definition) is 3. The van der Waals surface area contributed by atoms with Gasteiger partial charge in [0.1, 0.15) is 23.0 Å². The fourth-order valence-electron chi connectivity index (χ4n) is 3.14. The summed E-state index contributed by atoms with van der Waals surface area (Å²) in [4.78, 5) is 21.1. The van der Waals surface area contributed by atoms with Crippen LogP contribution in [0.4, 0.5) is 19.3 Å². The first-order valence-electron chi connectivity index (χ1n) is 9.48. The van der Waals surface area contributed by atoms with Crippen LogP contribution in [0.2, 0.25) is 0 Å². The molecule has 0 aliphatic carbocycles. The molecule has 2 N–H and O–H groups in total. The SMILES string of the molecule is O=C(NCCCn1c(-c2ccc(F)cc2)nc2cccnc21)Nc1ccc(F)cc1. The summed E-state index contributed by atoms with van der Waals surface area (Å²) in [7, 11) is 0. The van der Waals surface area contributed by atoms with Crippen LogP contribution < -0.4 is 10.6 Å². The molecular weight excluding hydrogens is 388 g/mol. The number of benzene rings is 2. The third-order valence-corrected chi connectivity index (χ3v) is 4.55. The van der Waals surface area contributed by atoms with Crippen LogP contribution in [0.5, 0.6) is 0 Å². The van der Waals surface area contributed by atoms with E-state index in [1.54, 1.807) is 18.3 Å². The molecule has 0 atom stereocenters. The summed E-state index contributed by atoms with van der Waals surface area (Å²) >= 11 is 0. The summed E-state index contributed by atoms with van der Waals surface area (Å²) in [5, 5.41) is 5.43. The van der Waals surface area contributed by atoms with E-state index in [0.29, 0.717) is 31.0 Å². The van der Waals surface area contributed by atoms with Gasteiger partial charge in [-0.2, -0.15) is 0 Å². The van der Waals surface area contributed by atoms with Crippen molar-refractivity contribution < 1.29 is 13.6 Å². The Balaban J connectivity index is 1.42. The number of urea groups is 1. The van der Waals surface area contributed by atoms with Gasteiger partial charge in [-0.15, -0.1) is 0 Å². The van der Waals surface area contributed by atoms with E-state index < -0.39 is 0 Å². The average molecular weight is 407 g/mol. The highest BCUT2D eigenvalue weighted by Gasteiger charge is 2.13. The number of rotatable bonds is 6. The van der Waals surface area contributed by atoms with Gasteiger partial charge < -0.3 is 15.2 Å². The van der Waals surface area contributed by atoms with Crippen LogP contribution in [0, 0.1) is 11.6 Å². The molecule has 0 unspecified atom stereocenters. The lowest BCUT2D eigenvalue weighted by molar-refractivity contribution is 0.252. The first-order chi connectivity index (χ1) is 14.6. The van der Waals surface area contributed by atoms with Crippen molar-refractivity contribution in [1.82, 2.24) is 19.9 Å². The second-order valence-corrected chi connectivity index (χ2v) is 6.68. The molecule has 2 heterocycles. The van der Waals surface area contributed by atoms with Gasteiger partial charge in [-0.1, -0.05) is 0 Å². The molecule has 0 aliphatic heterocycles. The molecule has 2 aromatic heterocycles. The fourth-order valence-corrected chi connectivity index (χ4v) is 3.14. The molecule has 0 saturated carbocycles. The molecule has 0 fully saturated rings. The highest BCUT2D eigenvalue weighted by atomic mass is 19.1. The lowest BCUT2D eigenvalue weighted by atomic mass is 10.2. The average Bonchev–Trinajstić information content (AvgIpc) is 3.12. The minimum atomic E-state index is -0.367. The van der Waals surface area contributed by atoms with Crippen LogP contribution in [-0.4, -0.2) is 27.1 Å². The van der Waals surface area contributed by atoms with Gasteiger partial charge in [-0.3, -0.25) is 0 Å². The topological polar surface area (TPSA) is 71.8 Å². The van der Waals surface area contributed by atoms with Crippen molar-refractivity contribution in [1.29, 1.82) is 0 Å². The monoisotopic (exact) mass is 407 g/mol. The lowest BCUT2D eigenvalue weighted by Gasteiger charge is -2.10. The van der Waals surface area contributed by atoms with Gasteiger partial charge in [-0.25, -0.2) is 23.5 Å². The standard InChI is InChI=1S/C22H19F2N5O/c23-16-6-4-15(5-7-16)20-28-19-3-1-12-25-21(19)29(20)14-2-13-26-22(30)27-18-10-8-17(24)9-11-18/h1,3-12H,2,13-14H2,(H2,26,27,30). The van der Waals surface area contributed by atoms with Crippen molar-refractivity contribution in [2.75, 3.05) is 11.9 Å². The number of anilines is 1. The zero-order chi connectivity index (χ0) is 20.9. The molecule has 4 rings (SSSR count). The van der Waals surface area contributed by atoms with E-state index in [4.69, 9.17) is 0 Å². The number of halogens is 2. The summed E-state index contributed by atoms with van der Waals surface area (Å²) in [5.74, 6) is 0.0226. The minimum Gasteiger partial charge on any atom is -0.338 e. The van der Waals surface area contributed by atoms with Crippen molar-refractivity contribution in [2.45, 2.75) is 13.0 Å². The Morgan fingerprint density at radius 1 is 0.967 bits per heavy atom. The van der Waals surface area contributed by atoms with Crippen LogP contribution in [0.25, 0.3) is 22.6 Å².